The average molecular weight is 588 g/mol. The number of carboxylic acids is 1. The fraction of sp³-hybridized carbons (Fsp3) is 0.429. The fourth-order valence-corrected chi connectivity index (χ4v) is 8.45. The maximum atomic E-state index is 13.6. The number of carbonyl (C=O) groups is 4. The number of benzene rings is 2. The van der Waals surface area contributed by atoms with Gasteiger partial charge in [0.2, 0.25) is 5.91 Å². The first-order valence-electron chi connectivity index (χ1n) is 13.4. The summed E-state index contributed by atoms with van der Waals surface area (Å²) in [4.78, 5) is 52.5. The number of nitrogens with one attached hydrogen (secondary N) is 1. The number of amides is 3. The van der Waals surface area contributed by atoms with Crippen LogP contribution in [0.15, 0.2) is 54.6 Å². The number of hydrogen-bond acceptors (Lipinski definition) is 7. The van der Waals surface area contributed by atoms with Crippen LogP contribution in [0, 0.1) is 0 Å². The van der Waals surface area contributed by atoms with Crippen molar-refractivity contribution < 1.29 is 33.4 Å². The quantitative estimate of drug-likeness (QED) is 0.188. The van der Waals surface area contributed by atoms with Crippen LogP contribution in [-0.2, 0) is 18.7 Å². The fourth-order valence-electron chi connectivity index (χ4n) is 4.96. The molecule has 214 valence electrons. The predicted octanol–water partition coefficient (Wildman–Crippen LogP) is 4.39. The molecule has 3 amide bonds. The highest BCUT2D eigenvalue weighted by atomic mass is 32.2. The lowest BCUT2D eigenvalue weighted by Crippen LogP contribution is -2.53. The van der Waals surface area contributed by atoms with Crippen molar-refractivity contribution in [1.82, 2.24) is 14.9 Å². The lowest BCUT2D eigenvalue weighted by Gasteiger charge is -2.39. The van der Waals surface area contributed by atoms with Gasteiger partial charge in [0, 0.05) is 18.5 Å². The lowest BCUT2D eigenvalue weighted by molar-refractivity contribution is -0.145. The molecule has 2 aliphatic heterocycles. The highest BCUT2D eigenvalue weighted by molar-refractivity contribution is 7.99. The van der Waals surface area contributed by atoms with Gasteiger partial charge in [-0.15, -0.1) is 11.8 Å². The van der Waals surface area contributed by atoms with Crippen molar-refractivity contribution in [2.24, 2.45) is 0 Å². The molecule has 0 aromatic heterocycles. The third kappa shape index (κ3) is 7.01. The molecule has 12 heteroatoms. The number of rotatable bonds is 14. The molecule has 10 nitrogen and oxygen atoms in total. The van der Waals surface area contributed by atoms with Gasteiger partial charge in [-0.3, -0.25) is 28.6 Å². The largest absolute Gasteiger partial charge is 0.480 e. The minimum absolute atomic E-state index is 0.198. The van der Waals surface area contributed by atoms with Gasteiger partial charge in [-0.2, -0.15) is 0 Å². The van der Waals surface area contributed by atoms with Crippen molar-refractivity contribution in [1.29, 1.82) is 0 Å². The van der Waals surface area contributed by atoms with Gasteiger partial charge < -0.3 is 14.5 Å². The summed E-state index contributed by atoms with van der Waals surface area (Å²) in [6.45, 7) is 1.79. The molecule has 0 radical (unpaired) electrons. The van der Waals surface area contributed by atoms with Gasteiger partial charge in [0.05, 0.1) is 17.7 Å². The van der Waals surface area contributed by atoms with Crippen molar-refractivity contribution >= 4 is 43.0 Å². The van der Waals surface area contributed by atoms with Crippen molar-refractivity contribution in [3.63, 3.8) is 0 Å². The molecule has 0 spiro atoms. The van der Waals surface area contributed by atoms with E-state index in [0.717, 1.165) is 12.0 Å². The summed E-state index contributed by atoms with van der Waals surface area (Å²) in [5, 5.41) is 11.9. The Morgan fingerprint density at radius 1 is 1.00 bits per heavy atom. The standard InChI is InChI=1S/C28H34N3O7PS/c1-2-38-39(37,17-11-4-3-10-16-30-25(34)21-14-8-9-15-22(21)26(30)35)29-23-19-40-28(20-12-6-5-7-13-20)31(27(23)36)18-24(32)33/h5-9,12-15,23,28H,2-4,10-11,16-19H2,1H3,(H,29,37)(H,32,33)/t23?,28-,39?/m1/s1. The second kappa shape index (κ2) is 13.6. The number of carbonyl (C=O) groups excluding carboxylic acids is 3. The molecule has 1 fully saturated rings. The van der Waals surface area contributed by atoms with Crippen LogP contribution in [-0.4, -0.2) is 76.3 Å². The SMILES string of the molecule is CCOP(=O)(CCCCCCN1C(=O)c2ccccc2C1=O)NC1CS[C@H](c2ccccc2)N(CC(=O)O)C1=O. The van der Waals surface area contributed by atoms with E-state index in [1.807, 2.05) is 30.3 Å². The molecule has 2 N–H and O–H groups in total. The van der Waals surface area contributed by atoms with E-state index in [9.17, 15) is 28.8 Å². The summed E-state index contributed by atoms with van der Waals surface area (Å²) >= 11 is 1.42. The van der Waals surface area contributed by atoms with E-state index in [-0.39, 0.29) is 24.6 Å². The van der Waals surface area contributed by atoms with E-state index in [0.29, 0.717) is 42.7 Å². The molecule has 1 saturated heterocycles. The van der Waals surface area contributed by atoms with E-state index in [4.69, 9.17) is 4.52 Å². The summed E-state index contributed by atoms with van der Waals surface area (Å²) < 4.78 is 19.2. The highest BCUT2D eigenvalue weighted by Crippen LogP contribution is 2.46. The molecule has 4 rings (SSSR count). The van der Waals surface area contributed by atoms with E-state index >= 15 is 0 Å². The molecular weight excluding hydrogens is 553 g/mol. The van der Waals surface area contributed by atoms with Gasteiger partial charge in [-0.25, -0.2) is 5.09 Å². The first-order chi connectivity index (χ1) is 19.2. The zero-order chi connectivity index (χ0) is 28.7. The number of unbranched alkanes of at least 4 members (excludes halogenated alkanes) is 3. The maximum absolute atomic E-state index is 13.6. The van der Waals surface area contributed by atoms with Crippen LogP contribution in [0.3, 0.4) is 0 Å². The molecular formula is C28H34N3O7PS. The number of fused-ring (bicyclic) bond motifs is 1. The lowest BCUT2D eigenvalue weighted by atomic mass is 10.1. The topological polar surface area (TPSA) is 133 Å². The van der Waals surface area contributed by atoms with Crippen molar-refractivity contribution in [3.8, 4) is 0 Å². The minimum atomic E-state index is -3.38. The number of hydrogen-bond donors (Lipinski definition) is 2. The molecule has 0 aliphatic carbocycles. The Morgan fingerprint density at radius 2 is 1.62 bits per heavy atom. The molecule has 40 heavy (non-hydrogen) atoms. The maximum Gasteiger partial charge on any atom is 0.323 e. The molecule has 2 aromatic carbocycles. The van der Waals surface area contributed by atoms with Crippen LogP contribution < -0.4 is 5.09 Å². The van der Waals surface area contributed by atoms with Crippen molar-refractivity contribution in [3.05, 3.63) is 71.3 Å². The molecule has 0 bridgehead atoms. The molecule has 2 aromatic rings. The first kappa shape index (κ1) is 30.0. The molecule has 0 saturated carbocycles. The van der Waals surface area contributed by atoms with Gasteiger partial charge in [0.1, 0.15) is 18.0 Å². The smallest absolute Gasteiger partial charge is 0.323 e. The number of nitrogens with zero attached hydrogens (tertiary/aromatic N) is 2. The molecule has 2 heterocycles. The summed E-state index contributed by atoms with van der Waals surface area (Å²) in [7, 11) is -3.38. The predicted molar refractivity (Wildman–Crippen MR) is 152 cm³/mol. The molecule has 2 unspecified atom stereocenters. The second-order valence-corrected chi connectivity index (χ2v) is 13.1. The van der Waals surface area contributed by atoms with Gasteiger partial charge in [0.15, 0.2) is 0 Å². The Balaban J connectivity index is 1.28. The van der Waals surface area contributed by atoms with E-state index in [1.165, 1.54) is 21.6 Å². The van der Waals surface area contributed by atoms with Gasteiger partial charge in [-0.05, 0) is 37.5 Å². The Kier molecular flexibility index (Phi) is 10.2. The zero-order valence-electron chi connectivity index (χ0n) is 22.4. The van der Waals surface area contributed by atoms with Crippen molar-refractivity contribution in [2.45, 2.75) is 44.0 Å². The van der Waals surface area contributed by atoms with E-state index in [1.54, 1.807) is 31.2 Å². The van der Waals surface area contributed by atoms with Crippen LogP contribution in [0.5, 0.6) is 0 Å². The van der Waals surface area contributed by atoms with Crippen LogP contribution in [0.4, 0.5) is 0 Å². The average Bonchev–Trinajstić information content (AvgIpc) is 3.18. The van der Waals surface area contributed by atoms with Crippen LogP contribution in [0.25, 0.3) is 0 Å². The summed E-state index contributed by atoms with van der Waals surface area (Å²) in [6.07, 6.45) is 2.83. The third-order valence-corrected chi connectivity index (χ3v) is 10.5. The zero-order valence-corrected chi connectivity index (χ0v) is 24.1. The first-order valence-corrected chi connectivity index (χ1v) is 16.3. The minimum Gasteiger partial charge on any atom is -0.480 e. The van der Waals surface area contributed by atoms with Gasteiger partial charge in [-0.1, -0.05) is 55.3 Å². The number of carboxylic acid groups (broad SMARTS) is 1. The normalized spacial score (nSPS) is 20.5. The van der Waals surface area contributed by atoms with Gasteiger partial charge >= 0.3 is 5.97 Å². The Labute approximate surface area is 237 Å². The monoisotopic (exact) mass is 587 g/mol. The van der Waals surface area contributed by atoms with Crippen LogP contribution in [0.2, 0.25) is 0 Å². The summed E-state index contributed by atoms with van der Waals surface area (Å²) in [5.74, 6) is -1.76. The van der Waals surface area contributed by atoms with E-state index < -0.39 is 37.4 Å². The molecule has 2 aliphatic rings. The van der Waals surface area contributed by atoms with Gasteiger partial charge in [0.25, 0.3) is 19.3 Å². The number of thioether (sulfide) groups is 1. The van der Waals surface area contributed by atoms with Crippen molar-refractivity contribution in [2.75, 3.05) is 31.6 Å². The summed E-state index contributed by atoms with van der Waals surface area (Å²) in [6, 6.07) is 15.2. The highest BCUT2D eigenvalue weighted by Gasteiger charge is 2.41. The van der Waals surface area contributed by atoms with Crippen LogP contribution >= 0.6 is 19.3 Å². The third-order valence-electron chi connectivity index (χ3n) is 6.83. The second-order valence-electron chi connectivity index (χ2n) is 9.67. The molecule has 3 atom stereocenters. The van der Waals surface area contributed by atoms with Crippen LogP contribution in [0.1, 0.15) is 64.3 Å². The number of aliphatic carboxylic acids is 1. The number of imide groups is 1. The Hall–Kier alpha value is -2.98. The van der Waals surface area contributed by atoms with E-state index in [2.05, 4.69) is 5.09 Å². The Morgan fingerprint density at radius 3 is 2.25 bits per heavy atom. The Bertz CT molecular complexity index is 1260. The summed E-state index contributed by atoms with van der Waals surface area (Å²) in [5.41, 5.74) is 1.70.